The molecule has 0 saturated heterocycles. The third kappa shape index (κ3) is 3.01. The Bertz CT molecular complexity index is 833. The van der Waals surface area contributed by atoms with Crippen molar-refractivity contribution in [2.24, 2.45) is 0 Å². The van der Waals surface area contributed by atoms with Crippen LogP contribution in [-0.2, 0) is 11.3 Å². The molecule has 128 valence electrons. The van der Waals surface area contributed by atoms with Crippen molar-refractivity contribution >= 4 is 11.9 Å². The van der Waals surface area contributed by atoms with Crippen LogP contribution in [0.3, 0.4) is 0 Å². The van der Waals surface area contributed by atoms with E-state index in [1.807, 2.05) is 18.2 Å². The van der Waals surface area contributed by atoms with Crippen LogP contribution < -0.4 is 9.47 Å². The molecule has 4 rings (SSSR count). The molecule has 0 N–H and O–H groups in total. The summed E-state index contributed by atoms with van der Waals surface area (Å²) in [6.07, 6.45) is 5.10. The van der Waals surface area contributed by atoms with E-state index in [2.05, 4.69) is 9.88 Å². The quantitative estimate of drug-likeness (QED) is 0.798. The van der Waals surface area contributed by atoms with Crippen molar-refractivity contribution in [1.29, 1.82) is 0 Å². The molecular formula is C19H18N2O4. The summed E-state index contributed by atoms with van der Waals surface area (Å²) >= 11 is 0. The Morgan fingerprint density at radius 1 is 1.28 bits per heavy atom. The van der Waals surface area contributed by atoms with E-state index in [0.717, 1.165) is 23.4 Å². The van der Waals surface area contributed by atoms with E-state index < -0.39 is 0 Å². The summed E-state index contributed by atoms with van der Waals surface area (Å²) in [6.45, 7) is 2.55. The number of fused-ring (bicyclic) bond motifs is 3. The van der Waals surface area contributed by atoms with E-state index in [-0.39, 0.29) is 5.78 Å². The molecule has 0 bridgehead atoms. The van der Waals surface area contributed by atoms with Crippen molar-refractivity contribution in [3.05, 3.63) is 59.1 Å². The predicted octanol–water partition coefficient (Wildman–Crippen LogP) is 2.50. The second-order valence-corrected chi connectivity index (χ2v) is 5.96. The SMILES string of the molecule is COCCN1COc2ccc3c(c2C1)O/C(=C\c1ccncc1)C3=O. The van der Waals surface area contributed by atoms with E-state index in [1.54, 1.807) is 31.6 Å². The molecule has 0 spiro atoms. The Kier molecular flexibility index (Phi) is 4.21. The van der Waals surface area contributed by atoms with Crippen molar-refractivity contribution in [1.82, 2.24) is 9.88 Å². The van der Waals surface area contributed by atoms with Crippen molar-refractivity contribution in [2.45, 2.75) is 6.54 Å². The first kappa shape index (κ1) is 15.8. The lowest BCUT2D eigenvalue weighted by molar-refractivity contribution is 0.0646. The number of hydrogen-bond acceptors (Lipinski definition) is 6. The zero-order chi connectivity index (χ0) is 17.2. The first-order chi connectivity index (χ1) is 12.3. The average Bonchev–Trinajstić information content (AvgIpc) is 2.97. The van der Waals surface area contributed by atoms with Gasteiger partial charge in [0.1, 0.15) is 18.2 Å². The number of pyridine rings is 1. The molecule has 6 nitrogen and oxygen atoms in total. The normalized spacial score (nSPS) is 17.8. The number of hydrogen-bond donors (Lipinski definition) is 0. The van der Waals surface area contributed by atoms with Crippen LogP contribution in [0.5, 0.6) is 11.5 Å². The highest BCUT2D eigenvalue weighted by molar-refractivity contribution is 6.15. The lowest BCUT2D eigenvalue weighted by Gasteiger charge is -2.29. The molecule has 0 amide bonds. The number of ether oxygens (including phenoxy) is 3. The Morgan fingerprint density at radius 2 is 2.12 bits per heavy atom. The molecule has 0 aliphatic carbocycles. The molecule has 0 radical (unpaired) electrons. The molecule has 25 heavy (non-hydrogen) atoms. The molecular weight excluding hydrogens is 320 g/mol. The third-order valence-corrected chi connectivity index (χ3v) is 4.30. The van der Waals surface area contributed by atoms with Gasteiger partial charge in [-0.3, -0.25) is 14.7 Å². The second kappa shape index (κ2) is 6.66. The van der Waals surface area contributed by atoms with Gasteiger partial charge in [-0.05, 0) is 35.9 Å². The minimum Gasteiger partial charge on any atom is -0.478 e. The van der Waals surface area contributed by atoms with Gasteiger partial charge >= 0.3 is 0 Å². The number of rotatable bonds is 4. The largest absolute Gasteiger partial charge is 0.478 e. The molecule has 0 fully saturated rings. The topological polar surface area (TPSA) is 60.9 Å². The summed E-state index contributed by atoms with van der Waals surface area (Å²) in [5.41, 5.74) is 2.36. The summed E-state index contributed by atoms with van der Waals surface area (Å²) < 4.78 is 16.9. The Labute approximate surface area is 145 Å². The maximum atomic E-state index is 12.7. The Balaban J connectivity index is 1.64. The summed E-state index contributed by atoms with van der Waals surface area (Å²) in [5, 5.41) is 0. The number of aromatic nitrogens is 1. The molecule has 6 heteroatoms. The number of nitrogens with zero attached hydrogens (tertiary/aromatic N) is 2. The lowest BCUT2D eigenvalue weighted by Crippen LogP contribution is -2.34. The maximum absolute atomic E-state index is 12.7. The minimum atomic E-state index is -0.108. The highest BCUT2D eigenvalue weighted by Crippen LogP contribution is 2.41. The fourth-order valence-corrected chi connectivity index (χ4v) is 2.98. The van der Waals surface area contributed by atoms with Gasteiger partial charge in [-0.1, -0.05) is 0 Å². The van der Waals surface area contributed by atoms with Gasteiger partial charge in [0.05, 0.1) is 17.7 Å². The van der Waals surface area contributed by atoms with E-state index in [1.165, 1.54) is 0 Å². The number of Topliss-reactive ketones (excluding diaryl/α,β-unsaturated/α-hetero) is 1. The lowest BCUT2D eigenvalue weighted by atomic mass is 10.0. The molecule has 1 aromatic heterocycles. The van der Waals surface area contributed by atoms with Gasteiger partial charge in [-0.2, -0.15) is 0 Å². The van der Waals surface area contributed by atoms with Crippen LogP contribution in [0.2, 0.25) is 0 Å². The third-order valence-electron chi connectivity index (χ3n) is 4.30. The summed E-state index contributed by atoms with van der Waals surface area (Å²) in [6, 6.07) is 7.28. The standard InChI is InChI=1S/C19H18N2O4/c1-23-9-8-21-11-15-16(24-12-21)3-2-14-18(22)17(25-19(14)15)10-13-4-6-20-7-5-13/h2-7,10H,8-9,11-12H2,1H3/b17-10-. The van der Waals surface area contributed by atoms with Gasteiger partial charge in [0.15, 0.2) is 5.76 Å². The molecule has 2 aromatic rings. The van der Waals surface area contributed by atoms with Gasteiger partial charge in [-0.15, -0.1) is 0 Å². The van der Waals surface area contributed by atoms with Crippen LogP contribution in [0.15, 0.2) is 42.4 Å². The Hall–Kier alpha value is -2.70. The van der Waals surface area contributed by atoms with E-state index in [4.69, 9.17) is 14.2 Å². The van der Waals surface area contributed by atoms with Crippen molar-refractivity contribution in [2.75, 3.05) is 27.0 Å². The zero-order valence-corrected chi connectivity index (χ0v) is 13.9. The maximum Gasteiger partial charge on any atom is 0.231 e. The first-order valence-electron chi connectivity index (χ1n) is 8.10. The van der Waals surface area contributed by atoms with Crippen molar-refractivity contribution in [3.8, 4) is 11.5 Å². The molecule has 1 aromatic carbocycles. The van der Waals surface area contributed by atoms with Gasteiger partial charge in [-0.25, -0.2) is 0 Å². The van der Waals surface area contributed by atoms with Crippen molar-refractivity contribution in [3.63, 3.8) is 0 Å². The van der Waals surface area contributed by atoms with Crippen LogP contribution in [0.4, 0.5) is 0 Å². The first-order valence-corrected chi connectivity index (χ1v) is 8.10. The number of allylic oxidation sites excluding steroid dienone is 1. The molecule has 0 unspecified atom stereocenters. The highest BCUT2D eigenvalue weighted by atomic mass is 16.5. The molecule has 2 aliphatic rings. The highest BCUT2D eigenvalue weighted by Gasteiger charge is 2.33. The van der Waals surface area contributed by atoms with Crippen LogP contribution in [0.1, 0.15) is 21.5 Å². The fourth-order valence-electron chi connectivity index (χ4n) is 2.98. The molecule has 0 saturated carbocycles. The van der Waals surface area contributed by atoms with Crippen LogP contribution in [0, 0.1) is 0 Å². The van der Waals surface area contributed by atoms with Gasteiger partial charge in [0, 0.05) is 32.6 Å². The average molecular weight is 338 g/mol. The smallest absolute Gasteiger partial charge is 0.231 e. The number of ketones is 1. The molecule has 3 heterocycles. The zero-order valence-electron chi connectivity index (χ0n) is 13.9. The Morgan fingerprint density at radius 3 is 2.92 bits per heavy atom. The number of methoxy groups -OCH3 is 1. The fraction of sp³-hybridized carbons (Fsp3) is 0.263. The monoisotopic (exact) mass is 338 g/mol. The van der Waals surface area contributed by atoms with Gasteiger partial charge < -0.3 is 14.2 Å². The summed E-state index contributed by atoms with van der Waals surface area (Å²) in [5.74, 6) is 1.59. The van der Waals surface area contributed by atoms with Crippen LogP contribution >= 0.6 is 0 Å². The van der Waals surface area contributed by atoms with E-state index >= 15 is 0 Å². The predicted molar refractivity (Wildman–Crippen MR) is 91.4 cm³/mol. The summed E-state index contributed by atoms with van der Waals surface area (Å²) in [7, 11) is 1.68. The van der Waals surface area contributed by atoms with E-state index in [0.29, 0.717) is 37.0 Å². The number of carbonyl (C=O) groups is 1. The van der Waals surface area contributed by atoms with Gasteiger partial charge in [0.2, 0.25) is 5.78 Å². The second-order valence-electron chi connectivity index (χ2n) is 5.96. The van der Waals surface area contributed by atoms with Gasteiger partial charge in [0.25, 0.3) is 0 Å². The molecule has 2 aliphatic heterocycles. The number of carbonyl (C=O) groups excluding carboxylic acids is 1. The van der Waals surface area contributed by atoms with Crippen molar-refractivity contribution < 1.29 is 19.0 Å². The molecule has 0 atom stereocenters. The summed E-state index contributed by atoms with van der Waals surface area (Å²) in [4.78, 5) is 18.8. The van der Waals surface area contributed by atoms with Crippen LogP contribution in [0.25, 0.3) is 6.08 Å². The van der Waals surface area contributed by atoms with E-state index in [9.17, 15) is 4.79 Å². The minimum absolute atomic E-state index is 0.108. The van der Waals surface area contributed by atoms with Crippen LogP contribution in [-0.4, -0.2) is 42.7 Å². The number of benzene rings is 1.